The number of carboxylic acid groups (broad SMARTS) is 2. The number of nitrogens with two attached hydrogens (primary N) is 1. The molecule has 13 nitrogen and oxygen atoms in total. The van der Waals surface area contributed by atoms with Gasteiger partial charge in [-0.05, 0) is 0 Å². The van der Waals surface area contributed by atoms with Crippen LogP contribution in [0.1, 0.15) is 23.2 Å². The van der Waals surface area contributed by atoms with Crippen LogP contribution in [-0.2, 0) is 19.2 Å². The van der Waals surface area contributed by atoms with Crippen LogP contribution in [0.4, 0.5) is 5.69 Å². The van der Waals surface area contributed by atoms with Crippen molar-refractivity contribution in [3.05, 3.63) is 47.0 Å². The van der Waals surface area contributed by atoms with Gasteiger partial charge in [0.1, 0.15) is 0 Å². The third kappa shape index (κ3) is 10.8. The van der Waals surface area contributed by atoms with Crippen LogP contribution >= 0.6 is 21.8 Å². The Balaban J connectivity index is 2.16. The molecule has 0 aliphatic rings. The molecular formula is C25H29ClN4O9SSe. The van der Waals surface area contributed by atoms with Crippen LogP contribution in [0.25, 0.3) is 0 Å². The van der Waals surface area contributed by atoms with Gasteiger partial charge in [-0.1, -0.05) is 0 Å². The average Bonchev–Trinajstić information content (AvgIpc) is 2.93. The van der Waals surface area contributed by atoms with E-state index in [4.69, 9.17) is 37.0 Å². The van der Waals surface area contributed by atoms with E-state index in [1.54, 1.807) is 36.4 Å². The molecule has 2 aromatic carbocycles. The summed E-state index contributed by atoms with van der Waals surface area (Å²) < 4.78 is 11.2. The average molecular weight is 676 g/mol. The molecule has 0 radical (unpaired) electrons. The predicted octanol–water partition coefficient (Wildman–Crippen LogP) is 0.465. The number of anilines is 1. The summed E-state index contributed by atoms with van der Waals surface area (Å²) in [7, 11) is 4.17. The molecule has 0 aliphatic heterocycles. The number of ether oxygens (including phenoxy) is 2. The first-order valence-corrected chi connectivity index (χ1v) is 16.1. The molecule has 7 N–H and O–H groups in total. The fraction of sp³-hybridized carbons (Fsp3) is 0.320. The van der Waals surface area contributed by atoms with Crippen molar-refractivity contribution in [3.63, 3.8) is 0 Å². The molecule has 222 valence electrons. The first kappa shape index (κ1) is 33.7. The molecule has 0 unspecified atom stereocenters. The molecule has 2 aromatic rings. The van der Waals surface area contributed by atoms with Gasteiger partial charge >= 0.3 is 251 Å². The summed E-state index contributed by atoms with van der Waals surface area (Å²) in [5.41, 5.74) is 6.20. The Kier molecular flexibility index (Phi) is 13.7. The normalized spacial score (nSPS) is 12.0. The van der Waals surface area contributed by atoms with Gasteiger partial charge < -0.3 is 0 Å². The summed E-state index contributed by atoms with van der Waals surface area (Å²) in [5.74, 6) is -3.41. The first-order valence-electron chi connectivity index (χ1n) is 11.8. The van der Waals surface area contributed by atoms with Crippen LogP contribution < -0.4 is 35.6 Å². The van der Waals surface area contributed by atoms with Crippen LogP contribution in [0, 0.1) is 0 Å². The standard InChI is InChI=1S/C25H29ClN4O9SSe/c1-38-18-8-6-13(10-15(18)26)29-23(34)14-4-3-5-19(39-2)22(14)41-40-12-17(24(35)28-11-21(32)33)30-20(31)9-7-16(27)25(36)37/h3-6,8,10,16-17H,7,9,11-12,27H2,1-2H3,(H,28,35)(H,29,34)(H,30,31)(H,32,33)(H,36,37)/t16-,17-/m1/s1. The maximum absolute atomic E-state index is 13.2. The summed E-state index contributed by atoms with van der Waals surface area (Å²) in [6.07, 6.45) is -0.404. The van der Waals surface area contributed by atoms with Crippen molar-refractivity contribution in [1.29, 1.82) is 0 Å². The van der Waals surface area contributed by atoms with Crippen LogP contribution in [-0.4, -0.2) is 92.3 Å². The topological polar surface area (TPSA) is 206 Å². The fourth-order valence-electron chi connectivity index (χ4n) is 3.19. The molecule has 41 heavy (non-hydrogen) atoms. The Morgan fingerprint density at radius 2 is 1.78 bits per heavy atom. The number of hydrogen-bond acceptors (Lipinski definition) is 9. The number of halogens is 1. The van der Waals surface area contributed by atoms with E-state index in [-0.39, 0.29) is 18.6 Å². The monoisotopic (exact) mass is 676 g/mol. The van der Waals surface area contributed by atoms with E-state index in [1.807, 2.05) is 0 Å². The third-order valence-corrected chi connectivity index (χ3v) is 9.88. The first-order chi connectivity index (χ1) is 19.5. The maximum atomic E-state index is 13.2. The van der Waals surface area contributed by atoms with Crippen LogP contribution in [0.5, 0.6) is 11.5 Å². The molecule has 0 saturated heterocycles. The molecule has 0 heterocycles. The van der Waals surface area contributed by atoms with E-state index in [0.717, 1.165) is 0 Å². The Labute approximate surface area is 250 Å². The molecule has 0 aliphatic carbocycles. The third-order valence-electron chi connectivity index (χ3n) is 5.30. The van der Waals surface area contributed by atoms with Gasteiger partial charge in [0.15, 0.2) is 0 Å². The minimum atomic E-state index is -1.27. The molecule has 2 rings (SSSR count). The zero-order valence-electron chi connectivity index (χ0n) is 22.0. The van der Waals surface area contributed by atoms with Crippen molar-refractivity contribution in [1.82, 2.24) is 10.6 Å². The second kappa shape index (κ2) is 16.7. The van der Waals surface area contributed by atoms with E-state index < -0.39 is 62.1 Å². The number of benzene rings is 2. The molecule has 0 bridgehead atoms. The van der Waals surface area contributed by atoms with Gasteiger partial charge in [-0.15, -0.1) is 0 Å². The summed E-state index contributed by atoms with van der Waals surface area (Å²) in [6, 6.07) is 7.37. The summed E-state index contributed by atoms with van der Waals surface area (Å²) in [6.45, 7) is -0.656. The number of rotatable bonds is 16. The van der Waals surface area contributed by atoms with Crippen molar-refractivity contribution < 1.29 is 43.7 Å². The zero-order valence-corrected chi connectivity index (χ0v) is 25.3. The van der Waals surface area contributed by atoms with Crippen molar-refractivity contribution in [2.45, 2.75) is 24.9 Å². The molecule has 0 fully saturated rings. The van der Waals surface area contributed by atoms with Crippen LogP contribution in [0.2, 0.25) is 5.02 Å². The Hall–Kier alpha value is -3.49. The molecule has 2 atom stereocenters. The van der Waals surface area contributed by atoms with Crippen LogP contribution in [0.3, 0.4) is 0 Å². The molecule has 16 heteroatoms. The molecule has 3 amide bonds. The fourth-order valence-corrected chi connectivity index (χ4v) is 7.94. The number of hydrogen-bond donors (Lipinski definition) is 6. The van der Waals surface area contributed by atoms with Crippen molar-refractivity contribution in [2.24, 2.45) is 5.73 Å². The number of methoxy groups -OCH3 is 2. The van der Waals surface area contributed by atoms with Crippen molar-refractivity contribution >= 4 is 75.4 Å². The quantitative estimate of drug-likeness (QED) is 0.135. The predicted molar refractivity (Wildman–Crippen MR) is 154 cm³/mol. The minimum absolute atomic E-state index is 0.0232. The van der Waals surface area contributed by atoms with Gasteiger partial charge in [-0.2, -0.15) is 0 Å². The van der Waals surface area contributed by atoms with Gasteiger partial charge in [0.2, 0.25) is 0 Å². The van der Waals surface area contributed by atoms with E-state index in [2.05, 4.69) is 16.0 Å². The SMILES string of the molecule is COc1ccc(NC(=O)c2cccc(OC)c2[Se]SC[C@@H](NC(=O)CC[C@@H](N)C(=O)O)C(=O)NCC(=O)O)cc1Cl. The van der Waals surface area contributed by atoms with Gasteiger partial charge in [-0.25, -0.2) is 0 Å². The second-order valence-electron chi connectivity index (χ2n) is 8.22. The van der Waals surface area contributed by atoms with Crippen LogP contribution in [0.15, 0.2) is 36.4 Å². The number of amides is 3. The number of carbonyl (C=O) groups excluding carboxylic acids is 3. The number of nitrogens with one attached hydrogen (secondary N) is 3. The van der Waals surface area contributed by atoms with E-state index in [9.17, 15) is 24.0 Å². The second-order valence-corrected chi connectivity index (χ2v) is 12.8. The van der Waals surface area contributed by atoms with Crippen molar-refractivity contribution in [2.75, 3.05) is 31.8 Å². The summed E-state index contributed by atoms with van der Waals surface area (Å²) >= 11 is 5.65. The Morgan fingerprint density at radius 3 is 2.39 bits per heavy atom. The molecule has 0 saturated carbocycles. The van der Waals surface area contributed by atoms with Gasteiger partial charge in [0.05, 0.1) is 0 Å². The van der Waals surface area contributed by atoms with Gasteiger partial charge in [-0.3, -0.25) is 0 Å². The molecule has 0 spiro atoms. The van der Waals surface area contributed by atoms with Crippen molar-refractivity contribution in [3.8, 4) is 11.5 Å². The number of carbonyl (C=O) groups is 5. The summed E-state index contributed by atoms with van der Waals surface area (Å²) in [5, 5.41) is 25.6. The van der Waals surface area contributed by atoms with Gasteiger partial charge in [0, 0.05) is 0 Å². The zero-order chi connectivity index (χ0) is 30.5. The Bertz CT molecular complexity index is 1280. The van der Waals surface area contributed by atoms with Gasteiger partial charge in [0.25, 0.3) is 0 Å². The summed E-state index contributed by atoms with van der Waals surface area (Å²) in [4.78, 5) is 60.0. The van der Waals surface area contributed by atoms with E-state index in [0.29, 0.717) is 32.2 Å². The van der Waals surface area contributed by atoms with E-state index in [1.165, 1.54) is 24.4 Å². The Morgan fingerprint density at radius 1 is 1.07 bits per heavy atom. The molecular weight excluding hydrogens is 647 g/mol. The number of carboxylic acids is 2. The number of aliphatic carboxylic acids is 2. The molecule has 0 aromatic heterocycles. The van der Waals surface area contributed by atoms with E-state index >= 15 is 0 Å².